The lowest BCUT2D eigenvalue weighted by molar-refractivity contribution is 0.158. The van der Waals surface area contributed by atoms with Crippen LogP contribution in [0, 0.1) is 0 Å². The summed E-state index contributed by atoms with van der Waals surface area (Å²) in [5, 5.41) is 3.42. The molecule has 2 rings (SSSR count). The molecule has 1 N–H and O–H groups in total. The summed E-state index contributed by atoms with van der Waals surface area (Å²) in [5.74, 6) is 1.03. The average Bonchev–Trinajstić information content (AvgIpc) is 2.89. The first-order valence-corrected chi connectivity index (χ1v) is 7.33. The minimum Gasteiger partial charge on any atom is -0.468 e. The standard InChI is InChI=1S/C15H26N2O/c1-14-7-2-4-10-17(14)11-5-3-9-16-13-15-8-6-12-18-15/h6,8,12,14,16H,2-5,7,9-11,13H2,1H3. The summed E-state index contributed by atoms with van der Waals surface area (Å²) < 4.78 is 5.28. The normalized spacial score (nSPS) is 21.3. The fraction of sp³-hybridized carbons (Fsp3) is 0.733. The third-order valence-corrected chi connectivity index (χ3v) is 3.87. The van der Waals surface area contributed by atoms with Gasteiger partial charge in [0.15, 0.2) is 0 Å². The number of unbranched alkanes of at least 4 members (excludes halogenated alkanes) is 1. The Hall–Kier alpha value is -0.800. The Morgan fingerprint density at radius 2 is 2.33 bits per heavy atom. The number of hydrogen-bond donors (Lipinski definition) is 1. The van der Waals surface area contributed by atoms with Gasteiger partial charge in [0.2, 0.25) is 0 Å². The van der Waals surface area contributed by atoms with Crippen molar-refractivity contribution in [3.63, 3.8) is 0 Å². The summed E-state index contributed by atoms with van der Waals surface area (Å²) in [5.41, 5.74) is 0. The molecular formula is C15H26N2O. The quantitative estimate of drug-likeness (QED) is 0.754. The van der Waals surface area contributed by atoms with Crippen molar-refractivity contribution >= 4 is 0 Å². The summed E-state index contributed by atoms with van der Waals surface area (Å²) in [6.07, 6.45) is 8.48. The largest absolute Gasteiger partial charge is 0.468 e. The van der Waals surface area contributed by atoms with Crippen molar-refractivity contribution < 1.29 is 4.42 Å². The van der Waals surface area contributed by atoms with Crippen molar-refractivity contribution in [1.29, 1.82) is 0 Å². The Morgan fingerprint density at radius 1 is 1.39 bits per heavy atom. The van der Waals surface area contributed by atoms with E-state index in [2.05, 4.69) is 17.1 Å². The first-order chi connectivity index (χ1) is 8.86. The molecule has 1 atom stereocenters. The Balaban J connectivity index is 1.48. The molecule has 18 heavy (non-hydrogen) atoms. The van der Waals surface area contributed by atoms with Crippen LogP contribution in [0.5, 0.6) is 0 Å². The molecule has 0 amide bonds. The van der Waals surface area contributed by atoms with Gasteiger partial charge >= 0.3 is 0 Å². The second-order valence-electron chi connectivity index (χ2n) is 5.34. The number of piperidine rings is 1. The zero-order valence-corrected chi connectivity index (χ0v) is 11.5. The van der Waals surface area contributed by atoms with E-state index >= 15 is 0 Å². The number of hydrogen-bond acceptors (Lipinski definition) is 3. The van der Waals surface area contributed by atoms with Crippen LogP contribution in [-0.2, 0) is 6.54 Å². The van der Waals surface area contributed by atoms with Gasteiger partial charge in [-0.25, -0.2) is 0 Å². The van der Waals surface area contributed by atoms with Crippen LogP contribution >= 0.6 is 0 Å². The van der Waals surface area contributed by atoms with Gasteiger partial charge in [0, 0.05) is 6.04 Å². The van der Waals surface area contributed by atoms with E-state index in [4.69, 9.17) is 4.42 Å². The fourth-order valence-electron chi connectivity index (χ4n) is 2.68. The minimum atomic E-state index is 0.801. The molecule has 0 radical (unpaired) electrons. The average molecular weight is 250 g/mol. The molecule has 3 heteroatoms. The molecule has 1 fully saturated rings. The number of furan rings is 1. The van der Waals surface area contributed by atoms with Gasteiger partial charge in [-0.15, -0.1) is 0 Å². The molecule has 2 heterocycles. The van der Waals surface area contributed by atoms with Crippen molar-refractivity contribution in [3.8, 4) is 0 Å². The van der Waals surface area contributed by atoms with Crippen LogP contribution < -0.4 is 5.32 Å². The molecule has 1 saturated heterocycles. The lowest BCUT2D eigenvalue weighted by Crippen LogP contribution is -2.38. The van der Waals surface area contributed by atoms with E-state index in [0.29, 0.717) is 0 Å². The Labute approximate surface area is 111 Å². The van der Waals surface area contributed by atoms with Crippen LogP contribution in [0.15, 0.2) is 22.8 Å². The molecule has 1 unspecified atom stereocenters. The van der Waals surface area contributed by atoms with Gasteiger partial charge in [-0.3, -0.25) is 0 Å². The van der Waals surface area contributed by atoms with Gasteiger partial charge in [0.05, 0.1) is 12.8 Å². The zero-order chi connectivity index (χ0) is 12.6. The minimum absolute atomic E-state index is 0.801. The Morgan fingerprint density at radius 3 is 3.11 bits per heavy atom. The number of likely N-dealkylation sites (tertiary alicyclic amines) is 1. The van der Waals surface area contributed by atoms with Crippen LogP contribution in [0.1, 0.15) is 44.8 Å². The van der Waals surface area contributed by atoms with Crippen LogP contribution in [0.2, 0.25) is 0 Å². The smallest absolute Gasteiger partial charge is 0.117 e. The van der Waals surface area contributed by atoms with Crippen molar-refractivity contribution in [1.82, 2.24) is 10.2 Å². The lowest BCUT2D eigenvalue weighted by Gasteiger charge is -2.33. The van der Waals surface area contributed by atoms with Gasteiger partial charge in [-0.05, 0) is 64.4 Å². The molecular weight excluding hydrogens is 224 g/mol. The second kappa shape index (κ2) is 7.59. The van der Waals surface area contributed by atoms with E-state index in [0.717, 1.165) is 24.9 Å². The molecule has 1 aliphatic heterocycles. The fourth-order valence-corrected chi connectivity index (χ4v) is 2.68. The SMILES string of the molecule is CC1CCCCN1CCCCNCc1ccco1. The molecule has 3 nitrogen and oxygen atoms in total. The van der Waals surface area contributed by atoms with E-state index in [-0.39, 0.29) is 0 Å². The van der Waals surface area contributed by atoms with Gasteiger partial charge in [0.1, 0.15) is 5.76 Å². The molecule has 0 bridgehead atoms. The maximum absolute atomic E-state index is 5.28. The first-order valence-electron chi connectivity index (χ1n) is 7.33. The van der Waals surface area contributed by atoms with Crippen molar-refractivity contribution in [3.05, 3.63) is 24.2 Å². The molecule has 102 valence electrons. The van der Waals surface area contributed by atoms with E-state index < -0.39 is 0 Å². The summed E-state index contributed by atoms with van der Waals surface area (Å²) in [6.45, 7) is 6.88. The second-order valence-corrected chi connectivity index (χ2v) is 5.34. The molecule has 0 aromatic carbocycles. The number of nitrogens with one attached hydrogen (secondary N) is 1. The maximum Gasteiger partial charge on any atom is 0.117 e. The third-order valence-electron chi connectivity index (χ3n) is 3.87. The van der Waals surface area contributed by atoms with Gasteiger partial charge in [-0.2, -0.15) is 0 Å². The summed E-state index contributed by atoms with van der Waals surface area (Å²) in [7, 11) is 0. The third kappa shape index (κ3) is 4.46. The molecule has 0 saturated carbocycles. The van der Waals surface area contributed by atoms with Crippen LogP contribution in [0.4, 0.5) is 0 Å². The highest BCUT2D eigenvalue weighted by Crippen LogP contribution is 2.16. The summed E-state index contributed by atoms with van der Waals surface area (Å²) in [4.78, 5) is 2.65. The van der Waals surface area contributed by atoms with Crippen molar-refractivity contribution in [2.45, 2.75) is 51.6 Å². The highest BCUT2D eigenvalue weighted by molar-refractivity contribution is 4.97. The zero-order valence-electron chi connectivity index (χ0n) is 11.5. The Bertz CT molecular complexity index is 310. The van der Waals surface area contributed by atoms with Crippen molar-refractivity contribution in [2.24, 2.45) is 0 Å². The summed E-state index contributed by atoms with van der Waals surface area (Å²) >= 11 is 0. The summed E-state index contributed by atoms with van der Waals surface area (Å²) in [6, 6.07) is 4.76. The molecule has 0 spiro atoms. The topological polar surface area (TPSA) is 28.4 Å². The van der Waals surface area contributed by atoms with E-state index in [9.17, 15) is 0 Å². The van der Waals surface area contributed by atoms with Crippen LogP contribution in [-0.4, -0.2) is 30.6 Å². The maximum atomic E-state index is 5.28. The highest BCUT2D eigenvalue weighted by atomic mass is 16.3. The van der Waals surface area contributed by atoms with Gasteiger partial charge < -0.3 is 14.6 Å². The number of rotatable bonds is 7. The van der Waals surface area contributed by atoms with E-state index in [1.54, 1.807) is 6.26 Å². The van der Waals surface area contributed by atoms with Crippen LogP contribution in [0.25, 0.3) is 0 Å². The highest BCUT2D eigenvalue weighted by Gasteiger charge is 2.16. The molecule has 0 aliphatic carbocycles. The number of nitrogens with zero attached hydrogens (tertiary/aromatic N) is 1. The van der Waals surface area contributed by atoms with E-state index in [1.807, 2.05) is 12.1 Å². The van der Waals surface area contributed by atoms with Crippen molar-refractivity contribution in [2.75, 3.05) is 19.6 Å². The van der Waals surface area contributed by atoms with E-state index in [1.165, 1.54) is 45.2 Å². The van der Waals surface area contributed by atoms with Crippen LogP contribution in [0.3, 0.4) is 0 Å². The predicted octanol–water partition coefficient (Wildman–Crippen LogP) is 3.02. The predicted molar refractivity (Wildman–Crippen MR) is 74.5 cm³/mol. The lowest BCUT2D eigenvalue weighted by atomic mass is 10.0. The monoisotopic (exact) mass is 250 g/mol. The molecule has 1 aromatic heterocycles. The Kier molecular flexibility index (Phi) is 5.75. The first kappa shape index (κ1) is 13.6. The molecule has 1 aliphatic rings. The van der Waals surface area contributed by atoms with Gasteiger partial charge in [-0.1, -0.05) is 6.42 Å². The molecule has 1 aromatic rings. The van der Waals surface area contributed by atoms with Gasteiger partial charge in [0.25, 0.3) is 0 Å².